The number of nitrogens with one attached hydrogen (secondary N) is 4. The molecule has 0 aliphatic carbocycles. The molecular weight excluding hydrogens is 240 g/mol. The number of amides is 6. The van der Waals surface area contributed by atoms with Gasteiger partial charge in [-0.3, -0.25) is 0 Å². The van der Waals surface area contributed by atoms with Crippen LogP contribution in [0.2, 0.25) is 0 Å². The van der Waals surface area contributed by atoms with E-state index in [2.05, 4.69) is 21.3 Å². The fourth-order valence-corrected chi connectivity index (χ4v) is 1.25. The van der Waals surface area contributed by atoms with Crippen LogP contribution >= 0.6 is 0 Å². The molecule has 0 aromatic carbocycles. The van der Waals surface area contributed by atoms with Gasteiger partial charge in [-0.15, -0.1) is 0 Å². The minimum Gasteiger partial charge on any atom is -0.331 e. The second-order valence-corrected chi connectivity index (χ2v) is 4.26. The van der Waals surface area contributed by atoms with Gasteiger partial charge in [0.2, 0.25) is 0 Å². The summed E-state index contributed by atoms with van der Waals surface area (Å²) in [6, 6.07) is -1.19. The molecule has 1 aliphatic rings. The van der Waals surface area contributed by atoms with Crippen LogP contribution in [-0.2, 0) is 0 Å². The van der Waals surface area contributed by atoms with Gasteiger partial charge >= 0.3 is 18.1 Å². The maximum atomic E-state index is 11.5. The first-order valence-electron chi connectivity index (χ1n) is 5.34. The van der Waals surface area contributed by atoms with E-state index in [0.717, 1.165) is 0 Å². The molecule has 0 spiro atoms. The van der Waals surface area contributed by atoms with Crippen LogP contribution in [0, 0.1) is 0 Å². The molecule has 1 heterocycles. The predicted octanol–water partition coefficient (Wildman–Crippen LogP) is -1.51. The maximum Gasteiger partial charge on any atom is 0.318 e. The van der Waals surface area contributed by atoms with Gasteiger partial charge in [-0.05, 0) is 0 Å². The monoisotopic (exact) mass is 258 g/mol. The van der Waals surface area contributed by atoms with Gasteiger partial charge in [0.25, 0.3) is 0 Å². The van der Waals surface area contributed by atoms with Crippen LogP contribution in [0.1, 0.15) is 0 Å². The Kier molecular flexibility index (Phi) is 4.18. The van der Waals surface area contributed by atoms with Crippen molar-refractivity contribution in [3.63, 3.8) is 0 Å². The van der Waals surface area contributed by atoms with E-state index in [-0.39, 0.29) is 12.1 Å². The lowest BCUT2D eigenvalue weighted by molar-refractivity contribution is 0.199. The summed E-state index contributed by atoms with van der Waals surface area (Å²) in [7, 11) is 6.31. The fourth-order valence-electron chi connectivity index (χ4n) is 1.25. The summed E-state index contributed by atoms with van der Waals surface area (Å²) in [5.74, 6) is 0. The first kappa shape index (κ1) is 13.9. The zero-order valence-electron chi connectivity index (χ0n) is 10.8. The summed E-state index contributed by atoms with van der Waals surface area (Å²) in [6.07, 6.45) is -1.40. The molecule has 6 amide bonds. The molecule has 2 atom stereocenters. The minimum atomic E-state index is -0.698. The summed E-state index contributed by atoms with van der Waals surface area (Å²) in [4.78, 5) is 36.8. The first-order chi connectivity index (χ1) is 8.31. The van der Waals surface area contributed by atoms with Crippen molar-refractivity contribution in [1.29, 1.82) is 0 Å². The maximum absolute atomic E-state index is 11.5. The molecule has 1 rings (SSSR count). The number of hydrogen-bond acceptors (Lipinski definition) is 3. The SMILES string of the molecule is CN(C)C(=O)N[C@H]1NC(=O)N[C@@H]1NC(=O)N(C)C. The van der Waals surface area contributed by atoms with Crippen LogP contribution in [0.25, 0.3) is 0 Å². The Bertz CT molecular complexity index is 324. The number of hydrogen-bond donors (Lipinski definition) is 4. The van der Waals surface area contributed by atoms with Crippen LogP contribution in [0.3, 0.4) is 0 Å². The summed E-state index contributed by atoms with van der Waals surface area (Å²) in [5.41, 5.74) is 0. The second-order valence-electron chi connectivity index (χ2n) is 4.26. The molecule has 0 aromatic heterocycles. The van der Waals surface area contributed by atoms with Crippen molar-refractivity contribution in [1.82, 2.24) is 31.1 Å². The average molecular weight is 258 g/mol. The van der Waals surface area contributed by atoms with E-state index in [4.69, 9.17) is 0 Å². The Morgan fingerprint density at radius 2 is 1.28 bits per heavy atom. The van der Waals surface area contributed by atoms with E-state index < -0.39 is 18.4 Å². The summed E-state index contributed by atoms with van der Waals surface area (Å²) in [6.45, 7) is 0. The predicted molar refractivity (Wildman–Crippen MR) is 63.7 cm³/mol. The van der Waals surface area contributed by atoms with Gasteiger partial charge in [0, 0.05) is 28.2 Å². The molecule has 0 radical (unpaired) electrons. The molecule has 1 aliphatic heterocycles. The number of urea groups is 3. The van der Waals surface area contributed by atoms with Crippen molar-refractivity contribution in [3.8, 4) is 0 Å². The zero-order chi connectivity index (χ0) is 13.9. The Morgan fingerprint density at radius 1 is 0.944 bits per heavy atom. The van der Waals surface area contributed by atoms with Crippen LogP contribution in [-0.4, -0.2) is 68.4 Å². The van der Waals surface area contributed by atoms with Crippen molar-refractivity contribution in [2.24, 2.45) is 0 Å². The molecule has 9 heteroatoms. The topological polar surface area (TPSA) is 106 Å². The van der Waals surface area contributed by atoms with Gasteiger partial charge < -0.3 is 31.1 Å². The quantitative estimate of drug-likeness (QED) is 0.484. The molecule has 1 fully saturated rings. The van der Waals surface area contributed by atoms with Gasteiger partial charge in [0.1, 0.15) is 12.3 Å². The van der Waals surface area contributed by atoms with E-state index in [1.807, 2.05) is 0 Å². The summed E-state index contributed by atoms with van der Waals surface area (Å²) >= 11 is 0. The van der Waals surface area contributed by atoms with Gasteiger partial charge in [-0.1, -0.05) is 0 Å². The normalized spacial score (nSPS) is 21.7. The third-order valence-corrected chi connectivity index (χ3v) is 2.28. The molecule has 1 saturated heterocycles. The molecule has 0 saturated carbocycles. The van der Waals surface area contributed by atoms with Crippen molar-refractivity contribution in [2.45, 2.75) is 12.3 Å². The highest BCUT2D eigenvalue weighted by Gasteiger charge is 2.34. The van der Waals surface area contributed by atoms with Gasteiger partial charge in [-0.2, -0.15) is 0 Å². The van der Waals surface area contributed by atoms with Gasteiger partial charge in [-0.25, -0.2) is 14.4 Å². The largest absolute Gasteiger partial charge is 0.331 e. The van der Waals surface area contributed by atoms with E-state index in [1.54, 1.807) is 28.2 Å². The van der Waals surface area contributed by atoms with Crippen molar-refractivity contribution < 1.29 is 14.4 Å². The van der Waals surface area contributed by atoms with Crippen LogP contribution in [0.15, 0.2) is 0 Å². The van der Waals surface area contributed by atoms with Gasteiger partial charge in [0.15, 0.2) is 0 Å². The molecule has 102 valence electrons. The van der Waals surface area contributed by atoms with E-state index in [0.29, 0.717) is 0 Å². The minimum absolute atomic E-state index is 0.367. The lowest BCUT2D eigenvalue weighted by Gasteiger charge is -2.24. The van der Waals surface area contributed by atoms with E-state index in [1.165, 1.54) is 9.80 Å². The number of carbonyl (C=O) groups is 3. The van der Waals surface area contributed by atoms with Crippen molar-refractivity contribution in [3.05, 3.63) is 0 Å². The molecule has 9 nitrogen and oxygen atoms in total. The first-order valence-corrected chi connectivity index (χ1v) is 5.34. The third-order valence-electron chi connectivity index (χ3n) is 2.28. The van der Waals surface area contributed by atoms with Crippen molar-refractivity contribution >= 4 is 18.1 Å². The number of nitrogens with zero attached hydrogens (tertiary/aromatic N) is 2. The number of carbonyl (C=O) groups excluding carboxylic acids is 3. The van der Waals surface area contributed by atoms with Crippen LogP contribution in [0.4, 0.5) is 14.4 Å². The molecule has 0 bridgehead atoms. The summed E-state index contributed by atoms with van der Waals surface area (Å²) < 4.78 is 0. The average Bonchev–Trinajstić information content (AvgIpc) is 2.58. The Balaban J connectivity index is 2.62. The smallest absolute Gasteiger partial charge is 0.318 e. The number of rotatable bonds is 2. The third kappa shape index (κ3) is 3.40. The lowest BCUT2D eigenvalue weighted by atomic mass is 10.4. The molecule has 0 aromatic rings. The molecular formula is C9H18N6O3. The standard InChI is InChI=1S/C9H18N6O3/c1-14(2)8(17)12-5-6(11-7(16)10-5)13-9(18)15(3)4/h5-6H,1-4H3,(H,12,17)(H,13,18)(H2,10,11,16)/t5-,6-/m1/s1. The second kappa shape index (κ2) is 5.43. The van der Waals surface area contributed by atoms with Crippen LogP contribution in [0.5, 0.6) is 0 Å². The van der Waals surface area contributed by atoms with Gasteiger partial charge in [0.05, 0.1) is 0 Å². The van der Waals surface area contributed by atoms with Crippen LogP contribution < -0.4 is 21.3 Å². The van der Waals surface area contributed by atoms with E-state index in [9.17, 15) is 14.4 Å². The van der Waals surface area contributed by atoms with E-state index >= 15 is 0 Å². The summed E-state index contributed by atoms with van der Waals surface area (Å²) in [5, 5.41) is 10.1. The lowest BCUT2D eigenvalue weighted by Crippen LogP contribution is -2.58. The fraction of sp³-hybridized carbons (Fsp3) is 0.667. The Hall–Kier alpha value is -2.19. The highest BCUT2D eigenvalue weighted by molar-refractivity contribution is 5.82. The highest BCUT2D eigenvalue weighted by atomic mass is 16.2. The molecule has 4 N–H and O–H groups in total. The Morgan fingerprint density at radius 3 is 1.56 bits per heavy atom. The molecule has 0 unspecified atom stereocenters. The zero-order valence-corrected chi connectivity index (χ0v) is 10.8. The van der Waals surface area contributed by atoms with Crippen molar-refractivity contribution in [2.75, 3.05) is 28.2 Å². The Labute approximate surface area is 105 Å². The highest BCUT2D eigenvalue weighted by Crippen LogP contribution is 1.97. The molecule has 18 heavy (non-hydrogen) atoms.